The third-order valence-electron chi connectivity index (χ3n) is 8.57. The van der Waals surface area contributed by atoms with E-state index in [1.54, 1.807) is 6.92 Å². The molecule has 7 heteroatoms. The average molecular weight is 399 g/mol. The molecule has 0 radical (unpaired) electrons. The van der Waals surface area contributed by atoms with Gasteiger partial charge in [0.05, 0.1) is 24.9 Å². The second kappa shape index (κ2) is 5.24. The van der Waals surface area contributed by atoms with Gasteiger partial charge in [0.1, 0.15) is 11.5 Å². The first-order chi connectivity index (χ1) is 13.8. The van der Waals surface area contributed by atoms with Crippen LogP contribution in [0, 0.1) is 52.1 Å². The lowest BCUT2D eigenvalue weighted by atomic mass is 9.07. The third kappa shape index (κ3) is 1.75. The molecule has 1 aromatic heterocycles. The van der Waals surface area contributed by atoms with Crippen molar-refractivity contribution < 1.29 is 18.3 Å². The lowest BCUT2D eigenvalue weighted by molar-refractivity contribution is -0.481. The number of nitrogens with one attached hydrogen (secondary N) is 1. The molecule has 0 amide bonds. The average Bonchev–Trinajstić information content (AvgIpc) is 2.67. The number of allylic oxidation sites excluding steroid dienone is 1. The fourth-order valence-corrected chi connectivity index (χ4v) is 7.79. The molecule has 4 saturated carbocycles. The topological polar surface area (TPSA) is 63.6 Å². The molecule has 4 unspecified atom stereocenters. The Morgan fingerprint density at radius 1 is 1.28 bits per heavy atom. The summed E-state index contributed by atoms with van der Waals surface area (Å²) in [5.41, 5.74) is 1.75. The highest BCUT2D eigenvalue weighted by atomic mass is 19.1. The highest BCUT2D eigenvalue weighted by Gasteiger charge is 2.94. The lowest BCUT2D eigenvalue weighted by Gasteiger charge is -2.96. The molecule has 0 aromatic carbocycles. The highest BCUT2D eigenvalue weighted by Crippen LogP contribution is 2.97. The molecule has 0 bridgehead atoms. The van der Waals surface area contributed by atoms with Gasteiger partial charge in [0.25, 0.3) is 0 Å². The molecule has 1 aromatic rings. The van der Waals surface area contributed by atoms with Crippen LogP contribution in [-0.4, -0.2) is 29.9 Å². The quantitative estimate of drug-likeness (QED) is 0.791. The number of amidine groups is 1. The molecule has 4 atom stereocenters. The van der Waals surface area contributed by atoms with Gasteiger partial charge in [-0.25, -0.2) is 18.6 Å². The molecule has 152 valence electrons. The predicted octanol–water partition coefficient (Wildman–Crippen LogP) is 3.06. The molecule has 5 aliphatic rings. The van der Waals surface area contributed by atoms with E-state index >= 15 is 0 Å². The van der Waals surface area contributed by atoms with Crippen molar-refractivity contribution in [3.63, 3.8) is 0 Å². The summed E-state index contributed by atoms with van der Waals surface area (Å²) in [5, 5.41) is 3.28. The van der Waals surface area contributed by atoms with Gasteiger partial charge in [-0.2, -0.15) is 0 Å². The highest BCUT2D eigenvalue weighted by molar-refractivity contribution is 6.02. The summed E-state index contributed by atoms with van der Waals surface area (Å²) in [4.78, 5) is 21.0. The lowest BCUT2D eigenvalue weighted by Crippen LogP contribution is -2.93. The van der Waals surface area contributed by atoms with Crippen molar-refractivity contribution in [2.45, 2.75) is 27.2 Å². The van der Waals surface area contributed by atoms with Crippen molar-refractivity contribution >= 4 is 11.8 Å². The van der Waals surface area contributed by atoms with Crippen LogP contribution >= 0.6 is 0 Å². The van der Waals surface area contributed by atoms with Gasteiger partial charge in [0.15, 0.2) is 11.7 Å². The van der Waals surface area contributed by atoms with Gasteiger partial charge in [-0.05, 0) is 48.3 Å². The summed E-state index contributed by atoms with van der Waals surface area (Å²) in [6.07, 6.45) is 2.18. The SMILES string of the molecule is CCOC(=O)C1=C(C23C4CC2C2C3C4C2(C)C)NC(c2ncc(F)cc2F)=NC1. The Morgan fingerprint density at radius 3 is 2.62 bits per heavy atom. The summed E-state index contributed by atoms with van der Waals surface area (Å²) < 4.78 is 32.9. The van der Waals surface area contributed by atoms with Gasteiger partial charge in [0.2, 0.25) is 0 Å². The van der Waals surface area contributed by atoms with Crippen molar-refractivity contribution in [2.24, 2.45) is 45.4 Å². The number of pyridine rings is 1. The first kappa shape index (κ1) is 17.5. The monoisotopic (exact) mass is 399 g/mol. The Morgan fingerprint density at radius 2 is 2.00 bits per heavy atom. The Hall–Kier alpha value is -2.31. The van der Waals surface area contributed by atoms with E-state index in [2.05, 4.69) is 29.1 Å². The van der Waals surface area contributed by atoms with Crippen LogP contribution in [0.5, 0.6) is 0 Å². The van der Waals surface area contributed by atoms with Crippen LogP contribution in [-0.2, 0) is 9.53 Å². The zero-order valence-electron chi connectivity index (χ0n) is 16.6. The van der Waals surface area contributed by atoms with E-state index in [0.29, 0.717) is 47.2 Å². The van der Waals surface area contributed by atoms with Crippen LogP contribution in [0.25, 0.3) is 0 Å². The normalized spacial score (nSPS) is 39.6. The molecule has 1 aliphatic heterocycles. The summed E-state index contributed by atoms with van der Waals surface area (Å²) >= 11 is 0. The maximum atomic E-state index is 14.3. The van der Waals surface area contributed by atoms with Crippen LogP contribution in [0.2, 0.25) is 0 Å². The summed E-state index contributed by atoms with van der Waals surface area (Å²) in [6, 6.07) is 0.805. The zero-order chi connectivity index (χ0) is 20.3. The number of rotatable bonds is 4. The maximum absolute atomic E-state index is 14.3. The molecular formula is C22H23F2N3O2. The number of aromatic nitrogens is 1. The predicted molar refractivity (Wildman–Crippen MR) is 101 cm³/mol. The Balaban J connectivity index is 1.39. The minimum atomic E-state index is -0.763. The molecule has 2 heterocycles. The van der Waals surface area contributed by atoms with E-state index in [9.17, 15) is 13.6 Å². The molecule has 4 aliphatic carbocycles. The second-order valence-electron chi connectivity index (χ2n) is 9.63. The minimum absolute atomic E-state index is 0.0161. The second-order valence-corrected chi connectivity index (χ2v) is 9.63. The van der Waals surface area contributed by atoms with Crippen molar-refractivity contribution in [3.8, 4) is 0 Å². The number of carbonyl (C=O) groups is 1. The number of hydrogen-bond donors (Lipinski definition) is 1. The van der Waals surface area contributed by atoms with Gasteiger partial charge in [-0.1, -0.05) is 13.8 Å². The van der Waals surface area contributed by atoms with Crippen molar-refractivity contribution in [1.82, 2.24) is 10.3 Å². The van der Waals surface area contributed by atoms with E-state index in [0.717, 1.165) is 18.0 Å². The van der Waals surface area contributed by atoms with Gasteiger partial charge >= 0.3 is 5.97 Å². The summed E-state index contributed by atoms with van der Waals surface area (Å²) in [7, 11) is 0. The van der Waals surface area contributed by atoms with Gasteiger partial charge in [-0.3, -0.25) is 4.99 Å². The van der Waals surface area contributed by atoms with Crippen LogP contribution in [0.1, 0.15) is 32.9 Å². The van der Waals surface area contributed by atoms with Crippen LogP contribution in [0.3, 0.4) is 0 Å². The summed E-state index contributed by atoms with van der Waals surface area (Å²) in [5.74, 6) is 1.49. The number of halogens is 2. The van der Waals surface area contributed by atoms with E-state index in [4.69, 9.17) is 4.74 Å². The number of aliphatic imine (C=N–C) groups is 1. The van der Waals surface area contributed by atoms with Gasteiger partial charge < -0.3 is 10.1 Å². The Kier molecular flexibility index (Phi) is 3.17. The number of hydrogen-bond acceptors (Lipinski definition) is 5. The molecule has 5 nitrogen and oxygen atoms in total. The molecule has 0 saturated heterocycles. The van der Waals surface area contributed by atoms with E-state index in [-0.39, 0.29) is 29.5 Å². The van der Waals surface area contributed by atoms with E-state index in [1.165, 1.54) is 6.42 Å². The first-order valence-electron chi connectivity index (χ1n) is 10.4. The first-order valence-corrected chi connectivity index (χ1v) is 10.4. The molecule has 0 spiro atoms. The fourth-order valence-electron chi connectivity index (χ4n) is 7.79. The van der Waals surface area contributed by atoms with Crippen LogP contribution < -0.4 is 5.32 Å². The Labute approximate surface area is 167 Å². The van der Waals surface area contributed by atoms with Crippen LogP contribution in [0.4, 0.5) is 8.78 Å². The summed E-state index contributed by atoms with van der Waals surface area (Å²) in [6.45, 7) is 6.93. The molecule has 4 fully saturated rings. The molecular weight excluding hydrogens is 376 g/mol. The standard InChI is InChI=1S/C22H23F2N3O2/c1-4-29-20(28)10-8-26-19(17-13(24)5-9(23)7-25-17)27-18(10)22-11-6-12(22)15-16(22)14(11)21(15,2)3/h5,7,11-12,14-16H,4,6,8H2,1-3H3,(H,26,27). The Bertz CT molecular complexity index is 997. The van der Waals surface area contributed by atoms with E-state index < -0.39 is 11.6 Å². The number of nitrogens with zero attached hydrogens (tertiary/aromatic N) is 2. The number of ether oxygens (including phenoxy) is 1. The van der Waals surface area contributed by atoms with Gasteiger partial charge in [0, 0.05) is 17.2 Å². The number of carbonyl (C=O) groups excluding carboxylic acids is 1. The largest absolute Gasteiger partial charge is 0.463 e. The molecule has 29 heavy (non-hydrogen) atoms. The minimum Gasteiger partial charge on any atom is -0.463 e. The maximum Gasteiger partial charge on any atom is 0.337 e. The van der Waals surface area contributed by atoms with Crippen molar-refractivity contribution in [1.29, 1.82) is 0 Å². The molecule has 1 N–H and O–H groups in total. The molecule has 6 rings (SSSR count). The number of esters is 1. The zero-order valence-corrected chi connectivity index (χ0v) is 16.6. The number of fused-ring (bicyclic) bond motifs is 2. The van der Waals surface area contributed by atoms with Crippen LogP contribution in [0.15, 0.2) is 28.5 Å². The van der Waals surface area contributed by atoms with E-state index in [1.807, 2.05) is 0 Å². The van der Waals surface area contributed by atoms with Crippen molar-refractivity contribution in [3.05, 3.63) is 40.9 Å². The fraction of sp³-hybridized carbons (Fsp3) is 0.591. The smallest absolute Gasteiger partial charge is 0.337 e. The third-order valence-corrected chi connectivity index (χ3v) is 8.57. The van der Waals surface area contributed by atoms with Gasteiger partial charge in [-0.15, -0.1) is 0 Å². The van der Waals surface area contributed by atoms with Crippen molar-refractivity contribution in [2.75, 3.05) is 13.2 Å².